The van der Waals surface area contributed by atoms with Crippen molar-refractivity contribution in [3.63, 3.8) is 0 Å². The number of aromatic nitrogens is 2. The van der Waals surface area contributed by atoms with Crippen LogP contribution in [-0.4, -0.2) is 16.5 Å². The highest BCUT2D eigenvalue weighted by Crippen LogP contribution is 2.27. The third-order valence-electron chi connectivity index (χ3n) is 3.17. The highest BCUT2D eigenvalue weighted by molar-refractivity contribution is 5.51. The van der Waals surface area contributed by atoms with Crippen LogP contribution in [0.3, 0.4) is 0 Å². The van der Waals surface area contributed by atoms with E-state index in [-0.39, 0.29) is 12.1 Å². The molecule has 0 aliphatic carbocycles. The molecule has 0 bridgehead atoms. The molecule has 2 aromatic rings. The second-order valence-corrected chi connectivity index (χ2v) is 4.89. The van der Waals surface area contributed by atoms with Gasteiger partial charge in [0, 0.05) is 6.54 Å². The number of rotatable bonds is 7. The number of nitrogens with one attached hydrogen (secondary N) is 1. The smallest absolute Gasteiger partial charge is 0.222 e. The van der Waals surface area contributed by atoms with Crippen molar-refractivity contribution in [2.24, 2.45) is 0 Å². The van der Waals surface area contributed by atoms with Gasteiger partial charge in [-0.2, -0.15) is 4.98 Å². The molecule has 0 radical (unpaired) electrons. The molecule has 0 amide bonds. The topological polar surface area (TPSA) is 73.1 Å². The molecule has 2 rings (SSSR count). The number of nitrogen functional groups attached to an aromatic ring is 1. The molecular weight excluding hydrogens is 264 g/mol. The maximum absolute atomic E-state index is 5.97. The van der Waals surface area contributed by atoms with Gasteiger partial charge in [-0.3, -0.25) is 0 Å². The lowest BCUT2D eigenvalue weighted by molar-refractivity contribution is 0.226. The van der Waals surface area contributed by atoms with Crippen molar-refractivity contribution in [2.45, 2.75) is 32.8 Å². The van der Waals surface area contributed by atoms with Gasteiger partial charge in [-0.15, -0.1) is 0 Å². The van der Waals surface area contributed by atoms with Crippen LogP contribution in [0.2, 0.25) is 0 Å². The Morgan fingerprint density at radius 2 is 2.05 bits per heavy atom. The summed E-state index contributed by atoms with van der Waals surface area (Å²) >= 11 is 0. The fraction of sp³-hybridized carbons (Fsp3) is 0.375. The number of anilines is 2. The van der Waals surface area contributed by atoms with E-state index in [1.807, 2.05) is 37.3 Å². The predicted molar refractivity (Wildman–Crippen MR) is 85.3 cm³/mol. The monoisotopic (exact) mass is 286 g/mol. The molecule has 5 nitrogen and oxygen atoms in total. The molecular formula is C16H22N4O. The molecule has 0 fully saturated rings. The van der Waals surface area contributed by atoms with Crippen molar-refractivity contribution >= 4 is 11.8 Å². The lowest BCUT2D eigenvalue weighted by atomic mass is 10.1. The van der Waals surface area contributed by atoms with E-state index in [0.717, 1.165) is 24.9 Å². The highest BCUT2D eigenvalue weighted by Gasteiger charge is 2.12. The molecule has 0 aliphatic rings. The summed E-state index contributed by atoms with van der Waals surface area (Å²) in [7, 11) is 0. The van der Waals surface area contributed by atoms with E-state index < -0.39 is 0 Å². The Balaban J connectivity index is 2.11. The van der Waals surface area contributed by atoms with Crippen LogP contribution < -0.4 is 15.8 Å². The van der Waals surface area contributed by atoms with Gasteiger partial charge in [0.05, 0.1) is 6.20 Å². The molecule has 3 N–H and O–H groups in total. The van der Waals surface area contributed by atoms with Crippen molar-refractivity contribution in [1.82, 2.24) is 9.97 Å². The largest absolute Gasteiger partial charge is 0.481 e. The molecule has 0 saturated carbocycles. The van der Waals surface area contributed by atoms with Gasteiger partial charge in [0.1, 0.15) is 6.10 Å². The Hall–Kier alpha value is -2.30. The van der Waals surface area contributed by atoms with Gasteiger partial charge in [-0.25, -0.2) is 4.98 Å². The van der Waals surface area contributed by atoms with Crippen molar-refractivity contribution < 1.29 is 4.74 Å². The third-order valence-corrected chi connectivity index (χ3v) is 3.17. The normalized spacial score (nSPS) is 11.9. The van der Waals surface area contributed by atoms with Crippen molar-refractivity contribution in [3.8, 4) is 5.75 Å². The Morgan fingerprint density at radius 3 is 2.76 bits per heavy atom. The number of nitrogens with zero attached hydrogens (tertiary/aromatic N) is 2. The summed E-state index contributed by atoms with van der Waals surface area (Å²) in [4.78, 5) is 8.24. The van der Waals surface area contributed by atoms with Crippen molar-refractivity contribution in [1.29, 1.82) is 0 Å². The van der Waals surface area contributed by atoms with E-state index >= 15 is 0 Å². The average Bonchev–Trinajstić information content (AvgIpc) is 2.51. The summed E-state index contributed by atoms with van der Waals surface area (Å²) in [6.45, 7) is 4.98. The van der Waals surface area contributed by atoms with Gasteiger partial charge in [0.25, 0.3) is 0 Å². The maximum Gasteiger partial charge on any atom is 0.222 e. The van der Waals surface area contributed by atoms with E-state index in [1.54, 1.807) is 6.20 Å². The predicted octanol–water partition coefficient (Wildman–Crippen LogP) is 3.41. The summed E-state index contributed by atoms with van der Waals surface area (Å²) in [5.41, 5.74) is 6.76. The first kappa shape index (κ1) is 15.1. The van der Waals surface area contributed by atoms with Gasteiger partial charge in [-0.05, 0) is 18.9 Å². The molecule has 5 heteroatoms. The molecule has 0 unspecified atom stereocenters. The minimum atomic E-state index is -0.0786. The van der Waals surface area contributed by atoms with Crippen molar-refractivity contribution in [2.75, 3.05) is 17.6 Å². The van der Waals surface area contributed by atoms with E-state index in [4.69, 9.17) is 10.5 Å². The minimum absolute atomic E-state index is 0.0786. The van der Waals surface area contributed by atoms with Crippen LogP contribution in [0.25, 0.3) is 0 Å². The van der Waals surface area contributed by atoms with Gasteiger partial charge < -0.3 is 15.8 Å². The zero-order chi connectivity index (χ0) is 15.1. The lowest BCUT2D eigenvalue weighted by Crippen LogP contribution is -2.10. The Bertz CT molecular complexity index is 559. The zero-order valence-corrected chi connectivity index (χ0v) is 12.5. The van der Waals surface area contributed by atoms with E-state index in [9.17, 15) is 0 Å². The molecule has 0 aliphatic heterocycles. The molecule has 1 aromatic carbocycles. The minimum Gasteiger partial charge on any atom is -0.481 e. The maximum atomic E-state index is 5.97. The van der Waals surface area contributed by atoms with Crippen LogP contribution in [-0.2, 0) is 0 Å². The molecule has 1 heterocycles. The van der Waals surface area contributed by atoms with E-state index in [2.05, 4.69) is 22.2 Å². The second kappa shape index (κ2) is 7.47. The SMILES string of the molecule is CCCCNc1nc(N)ncc1O[C@H](C)c1ccccc1. The van der Waals surface area contributed by atoms with Crippen LogP contribution in [0.1, 0.15) is 38.4 Å². The first-order chi connectivity index (χ1) is 10.2. The quantitative estimate of drug-likeness (QED) is 0.763. The molecule has 21 heavy (non-hydrogen) atoms. The first-order valence-electron chi connectivity index (χ1n) is 7.28. The molecule has 1 atom stereocenters. The fourth-order valence-electron chi connectivity index (χ4n) is 1.96. The summed E-state index contributed by atoms with van der Waals surface area (Å²) in [6, 6.07) is 10.0. The zero-order valence-electron chi connectivity index (χ0n) is 12.5. The van der Waals surface area contributed by atoms with Crippen LogP contribution in [0.15, 0.2) is 36.5 Å². The standard InChI is InChI=1S/C16H22N4O/c1-3-4-10-18-15-14(11-19-16(17)20-15)21-12(2)13-8-6-5-7-9-13/h5-9,11-12H,3-4,10H2,1-2H3,(H3,17,18,19,20)/t12-/m1/s1. The first-order valence-corrected chi connectivity index (χ1v) is 7.28. The Morgan fingerprint density at radius 1 is 1.29 bits per heavy atom. The number of hydrogen-bond donors (Lipinski definition) is 2. The van der Waals surface area contributed by atoms with E-state index in [1.165, 1.54) is 0 Å². The Kier molecular flexibility index (Phi) is 5.37. The van der Waals surface area contributed by atoms with Gasteiger partial charge in [-0.1, -0.05) is 43.7 Å². The van der Waals surface area contributed by atoms with Crippen LogP contribution >= 0.6 is 0 Å². The number of nitrogens with two attached hydrogens (primary N) is 1. The summed E-state index contributed by atoms with van der Waals surface area (Å²) in [5.74, 6) is 1.52. The molecule has 0 spiro atoms. The van der Waals surface area contributed by atoms with Crippen molar-refractivity contribution in [3.05, 3.63) is 42.1 Å². The molecule has 112 valence electrons. The van der Waals surface area contributed by atoms with Gasteiger partial charge in [0.2, 0.25) is 5.95 Å². The fourth-order valence-corrected chi connectivity index (χ4v) is 1.96. The second-order valence-electron chi connectivity index (χ2n) is 4.89. The number of hydrogen-bond acceptors (Lipinski definition) is 5. The van der Waals surface area contributed by atoms with E-state index in [0.29, 0.717) is 11.6 Å². The van der Waals surface area contributed by atoms with Crippen LogP contribution in [0, 0.1) is 0 Å². The molecule has 0 saturated heterocycles. The summed E-state index contributed by atoms with van der Waals surface area (Å²) in [5, 5.41) is 3.26. The highest BCUT2D eigenvalue weighted by atomic mass is 16.5. The number of unbranched alkanes of at least 4 members (excludes halogenated alkanes) is 1. The van der Waals surface area contributed by atoms with Crippen LogP contribution in [0.5, 0.6) is 5.75 Å². The summed E-state index contributed by atoms with van der Waals surface area (Å²) < 4.78 is 5.97. The van der Waals surface area contributed by atoms with Gasteiger partial charge in [0.15, 0.2) is 11.6 Å². The Labute approximate surface area is 125 Å². The van der Waals surface area contributed by atoms with Gasteiger partial charge >= 0.3 is 0 Å². The number of benzene rings is 1. The number of ether oxygens (including phenoxy) is 1. The average molecular weight is 286 g/mol. The van der Waals surface area contributed by atoms with Crippen LogP contribution in [0.4, 0.5) is 11.8 Å². The molecule has 1 aromatic heterocycles. The lowest BCUT2D eigenvalue weighted by Gasteiger charge is -2.17. The summed E-state index contributed by atoms with van der Waals surface area (Å²) in [6.07, 6.45) is 3.72. The third kappa shape index (κ3) is 4.34.